The first-order valence-corrected chi connectivity index (χ1v) is 5.98. The van der Waals surface area contributed by atoms with Gasteiger partial charge in [0, 0.05) is 6.26 Å². The lowest BCUT2D eigenvalue weighted by molar-refractivity contribution is 0.172. The summed E-state index contributed by atoms with van der Waals surface area (Å²) in [5.41, 5.74) is 0.678. The van der Waals surface area contributed by atoms with Crippen LogP contribution in [-0.4, -0.2) is 21.5 Å². The first kappa shape index (κ1) is 9.33. The van der Waals surface area contributed by atoms with Gasteiger partial charge in [-0.1, -0.05) is 6.07 Å². The van der Waals surface area contributed by atoms with Gasteiger partial charge in [-0.15, -0.1) is 0 Å². The van der Waals surface area contributed by atoms with Crippen LogP contribution in [0.15, 0.2) is 17.0 Å². The van der Waals surface area contributed by atoms with Crippen molar-refractivity contribution in [3.63, 3.8) is 0 Å². The zero-order chi connectivity index (χ0) is 10.3. The summed E-state index contributed by atoms with van der Waals surface area (Å²) in [4.78, 5) is 0.229. The van der Waals surface area contributed by atoms with E-state index in [0.29, 0.717) is 17.1 Å². The molecule has 1 aromatic carbocycles. The maximum atomic E-state index is 11.5. The molecule has 1 heterocycles. The largest absolute Gasteiger partial charge is 0.454 e. The molecule has 0 aliphatic carbocycles. The van der Waals surface area contributed by atoms with Crippen molar-refractivity contribution in [2.45, 2.75) is 11.8 Å². The van der Waals surface area contributed by atoms with Crippen LogP contribution in [0.5, 0.6) is 11.5 Å². The molecule has 1 aliphatic rings. The van der Waals surface area contributed by atoms with E-state index in [9.17, 15) is 8.42 Å². The van der Waals surface area contributed by atoms with Crippen molar-refractivity contribution in [2.75, 3.05) is 13.0 Å². The zero-order valence-electron chi connectivity index (χ0n) is 7.90. The third kappa shape index (κ3) is 1.33. The van der Waals surface area contributed by atoms with Gasteiger partial charge < -0.3 is 9.47 Å². The highest BCUT2D eigenvalue weighted by atomic mass is 32.2. The standard InChI is InChI=1S/C9H10O4S/c1-6-3-4-7-8(13-5-12-7)9(6)14(2,10)11/h3-4H,5H2,1-2H3. The number of fused-ring (bicyclic) bond motifs is 1. The van der Waals surface area contributed by atoms with Crippen LogP contribution in [0.4, 0.5) is 0 Å². The summed E-state index contributed by atoms with van der Waals surface area (Å²) in [6.45, 7) is 1.82. The number of rotatable bonds is 1. The van der Waals surface area contributed by atoms with Crippen molar-refractivity contribution in [2.24, 2.45) is 0 Å². The first-order chi connectivity index (χ1) is 6.50. The molecule has 0 atom stereocenters. The Morgan fingerprint density at radius 1 is 1.29 bits per heavy atom. The number of aryl methyl sites for hydroxylation is 1. The van der Waals surface area contributed by atoms with E-state index in [-0.39, 0.29) is 11.7 Å². The van der Waals surface area contributed by atoms with Crippen LogP contribution < -0.4 is 9.47 Å². The third-order valence-corrected chi connectivity index (χ3v) is 3.31. The van der Waals surface area contributed by atoms with Crippen LogP contribution in [-0.2, 0) is 9.84 Å². The predicted molar refractivity (Wildman–Crippen MR) is 50.4 cm³/mol. The fourth-order valence-corrected chi connectivity index (χ4v) is 2.66. The van der Waals surface area contributed by atoms with Crippen molar-refractivity contribution in [1.29, 1.82) is 0 Å². The quantitative estimate of drug-likeness (QED) is 0.703. The van der Waals surface area contributed by atoms with Gasteiger partial charge in [0.05, 0.1) is 0 Å². The summed E-state index contributed by atoms with van der Waals surface area (Å²) in [5.74, 6) is 0.837. The van der Waals surface area contributed by atoms with Gasteiger partial charge in [0.15, 0.2) is 21.3 Å². The van der Waals surface area contributed by atoms with Crippen molar-refractivity contribution in [3.8, 4) is 11.5 Å². The van der Waals surface area contributed by atoms with Gasteiger partial charge in [-0.25, -0.2) is 8.42 Å². The minimum absolute atomic E-state index is 0.0846. The van der Waals surface area contributed by atoms with E-state index in [0.717, 1.165) is 6.26 Å². The Bertz CT molecular complexity index is 476. The lowest BCUT2D eigenvalue weighted by Gasteiger charge is -2.06. The lowest BCUT2D eigenvalue weighted by Crippen LogP contribution is -2.02. The van der Waals surface area contributed by atoms with E-state index >= 15 is 0 Å². The average Bonchev–Trinajstić information content (AvgIpc) is 2.48. The van der Waals surface area contributed by atoms with Gasteiger partial charge >= 0.3 is 0 Å². The summed E-state index contributed by atoms with van der Waals surface area (Å²) in [7, 11) is -3.26. The second-order valence-corrected chi connectivity index (χ2v) is 5.17. The Morgan fingerprint density at radius 2 is 2.00 bits per heavy atom. The summed E-state index contributed by atoms with van der Waals surface area (Å²) in [6, 6.07) is 3.43. The topological polar surface area (TPSA) is 52.6 Å². The second kappa shape index (κ2) is 2.88. The van der Waals surface area contributed by atoms with Crippen molar-refractivity contribution in [1.82, 2.24) is 0 Å². The van der Waals surface area contributed by atoms with Crippen LogP contribution in [0.2, 0.25) is 0 Å². The molecule has 0 aromatic heterocycles. The molecule has 2 rings (SSSR count). The Labute approximate surface area is 82.4 Å². The maximum Gasteiger partial charge on any atom is 0.231 e. The smallest absolute Gasteiger partial charge is 0.231 e. The van der Waals surface area contributed by atoms with Gasteiger partial charge in [-0.2, -0.15) is 0 Å². The van der Waals surface area contributed by atoms with Gasteiger partial charge in [0.1, 0.15) is 4.90 Å². The summed E-state index contributed by atoms with van der Waals surface area (Å²) < 4.78 is 33.2. The highest BCUT2D eigenvalue weighted by Gasteiger charge is 2.25. The van der Waals surface area contributed by atoms with Crippen molar-refractivity contribution >= 4 is 9.84 Å². The Kier molecular flexibility index (Phi) is 1.92. The van der Waals surface area contributed by atoms with Crippen molar-refractivity contribution < 1.29 is 17.9 Å². The van der Waals surface area contributed by atoms with Gasteiger partial charge in [0.2, 0.25) is 6.79 Å². The summed E-state index contributed by atoms with van der Waals surface area (Å²) in [5, 5.41) is 0. The molecule has 0 bridgehead atoms. The fourth-order valence-electron chi connectivity index (χ4n) is 1.51. The van der Waals surface area contributed by atoms with Crippen LogP contribution in [0.1, 0.15) is 5.56 Å². The molecule has 0 amide bonds. The summed E-state index contributed by atoms with van der Waals surface area (Å²) >= 11 is 0. The third-order valence-electron chi connectivity index (χ3n) is 2.06. The lowest BCUT2D eigenvalue weighted by atomic mass is 10.2. The Balaban J connectivity index is 2.76. The van der Waals surface area contributed by atoms with Crippen molar-refractivity contribution in [3.05, 3.63) is 17.7 Å². The van der Waals surface area contributed by atoms with Crippen LogP contribution in [0, 0.1) is 6.92 Å². The molecular formula is C9H10O4S. The molecule has 0 saturated carbocycles. The van der Waals surface area contributed by atoms with E-state index in [2.05, 4.69) is 0 Å². The molecule has 0 fully saturated rings. The number of ether oxygens (including phenoxy) is 2. The van der Waals surface area contributed by atoms with E-state index in [1.54, 1.807) is 19.1 Å². The number of hydrogen-bond donors (Lipinski definition) is 0. The highest BCUT2D eigenvalue weighted by molar-refractivity contribution is 7.90. The van der Waals surface area contributed by atoms with Crippen LogP contribution in [0.3, 0.4) is 0 Å². The molecule has 0 N–H and O–H groups in total. The molecule has 0 spiro atoms. The predicted octanol–water partition coefficient (Wildman–Crippen LogP) is 1.13. The van der Waals surface area contributed by atoms with Gasteiger partial charge in [-0.05, 0) is 18.6 Å². The normalized spacial score (nSPS) is 14.4. The van der Waals surface area contributed by atoms with Crippen LogP contribution in [0.25, 0.3) is 0 Å². The minimum Gasteiger partial charge on any atom is -0.454 e. The van der Waals surface area contributed by atoms with E-state index in [1.807, 2.05) is 0 Å². The Morgan fingerprint density at radius 3 is 2.64 bits per heavy atom. The van der Waals surface area contributed by atoms with Crippen LogP contribution >= 0.6 is 0 Å². The Hall–Kier alpha value is -1.23. The molecule has 1 aliphatic heterocycles. The van der Waals surface area contributed by atoms with E-state index in [4.69, 9.17) is 9.47 Å². The molecular weight excluding hydrogens is 204 g/mol. The molecule has 0 saturated heterocycles. The number of sulfone groups is 1. The minimum atomic E-state index is -3.26. The number of benzene rings is 1. The molecule has 0 radical (unpaired) electrons. The monoisotopic (exact) mass is 214 g/mol. The molecule has 4 nitrogen and oxygen atoms in total. The highest BCUT2D eigenvalue weighted by Crippen LogP contribution is 2.39. The zero-order valence-corrected chi connectivity index (χ0v) is 8.72. The molecule has 1 aromatic rings. The number of hydrogen-bond acceptors (Lipinski definition) is 4. The molecule has 0 unspecified atom stereocenters. The average molecular weight is 214 g/mol. The van der Waals surface area contributed by atoms with E-state index < -0.39 is 9.84 Å². The maximum absolute atomic E-state index is 11.5. The summed E-state index contributed by atoms with van der Waals surface area (Å²) in [6.07, 6.45) is 1.16. The molecule has 76 valence electrons. The fraction of sp³-hybridized carbons (Fsp3) is 0.333. The van der Waals surface area contributed by atoms with Gasteiger partial charge in [-0.3, -0.25) is 0 Å². The molecule has 14 heavy (non-hydrogen) atoms. The molecule has 5 heteroatoms. The second-order valence-electron chi connectivity index (χ2n) is 3.22. The first-order valence-electron chi connectivity index (χ1n) is 4.09. The SMILES string of the molecule is Cc1ccc2c(c1S(C)(=O)=O)OCO2. The van der Waals surface area contributed by atoms with E-state index in [1.165, 1.54) is 0 Å². The van der Waals surface area contributed by atoms with Gasteiger partial charge in [0.25, 0.3) is 0 Å².